The Kier molecular flexibility index (Phi) is 6.52. The molecule has 196 valence electrons. The first-order valence-corrected chi connectivity index (χ1v) is 13.7. The van der Waals surface area contributed by atoms with E-state index in [1.165, 1.54) is 32.1 Å². The Morgan fingerprint density at radius 3 is 2.53 bits per heavy atom. The van der Waals surface area contributed by atoms with Gasteiger partial charge in [-0.2, -0.15) is 0 Å². The van der Waals surface area contributed by atoms with Gasteiger partial charge in [-0.25, -0.2) is 4.79 Å². The average molecular weight is 511 g/mol. The standard InChI is InChI=1S/C31H34N4O3/c1-20(21-8-4-3-5-9-21)38-25-13-7-11-23(17-25)22-10-6-12-24(16-22)35-15-14-26(31(36)37)30(35)28-18-27(28)29-19-34(2)33-32-29/h6-7,10-17,19-21,27-28H,3-5,8-9,18H2,1-2H3,(H,36,37)/t20-,27+,28+/m0/s1. The minimum atomic E-state index is -0.906. The fourth-order valence-corrected chi connectivity index (χ4v) is 6.09. The Morgan fingerprint density at radius 2 is 1.79 bits per heavy atom. The SMILES string of the molecule is C[C@H](Oc1cccc(-c2cccc(-n3ccc(C(=O)O)c3[C@@H]3C[C@H]3c3cn(C)nn3)c2)c1)C1CCCCC1. The second-order valence-corrected chi connectivity index (χ2v) is 10.9. The van der Waals surface area contributed by atoms with Crippen LogP contribution in [-0.2, 0) is 7.05 Å². The number of carboxylic acids is 1. The molecule has 0 amide bonds. The van der Waals surface area contributed by atoms with Gasteiger partial charge < -0.3 is 14.4 Å². The number of benzene rings is 2. The summed E-state index contributed by atoms with van der Waals surface area (Å²) in [6.45, 7) is 2.20. The first-order valence-electron chi connectivity index (χ1n) is 13.7. The Hall–Kier alpha value is -3.87. The van der Waals surface area contributed by atoms with Crippen LogP contribution in [0.25, 0.3) is 16.8 Å². The molecule has 1 N–H and O–H groups in total. The van der Waals surface area contributed by atoms with Crippen molar-refractivity contribution in [2.75, 3.05) is 0 Å². The van der Waals surface area contributed by atoms with Gasteiger partial charge in [0.05, 0.1) is 17.4 Å². The molecule has 38 heavy (non-hydrogen) atoms. The van der Waals surface area contributed by atoms with E-state index in [1.807, 2.05) is 48.3 Å². The van der Waals surface area contributed by atoms with E-state index in [4.69, 9.17) is 4.74 Å². The zero-order valence-corrected chi connectivity index (χ0v) is 22.0. The summed E-state index contributed by atoms with van der Waals surface area (Å²) in [6, 6.07) is 18.3. The third kappa shape index (κ3) is 4.85. The van der Waals surface area contributed by atoms with Crippen molar-refractivity contribution in [3.8, 4) is 22.6 Å². The second-order valence-electron chi connectivity index (χ2n) is 10.9. The van der Waals surface area contributed by atoms with E-state index < -0.39 is 5.97 Å². The predicted molar refractivity (Wildman–Crippen MR) is 146 cm³/mol. The molecule has 0 bridgehead atoms. The van der Waals surface area contributed by atoms with E-state index in [-0.39, 0.29) is 17.9 Å². The molecule has 2 aromatic heterocycles. The highest BCUT2D eigenvalue weighted by Gasteiger charge is 2.45. The molecule has 2 fully saturated rings. The number of aromatic nitrogens is 4. The van der Waals surface area contributed by atoms with Crippen molar-refractivity contribution in [2.24, 2.45) is 13.0 Å². The lowest BCUT2D eigenvalue weighted by molar-refractivity contribution is 0.0695. The molecule has 2 aromatic carbocycles. The van der Waals surface area contributed by atoms with Gasteiger partial charge in [0.2, 0.25) is 0 Å². The molecular weight excluding hydrogens is 476 g/mol. The van der Waals surface area contributed by atoms with Crippen LogP contribution in [0.3, 0.4) is 0 Å². The minimum Gasteiger partial charge on any atom is -0.490 e. The molecule has 2 heterocycles. The van der Waals surface area contributed by atoms with Crippen molar-refractivity contribution in [1.82, 2.24) is 19.6 Å². The van der Waals surface area contributed by atoms with Gasteiger partial charge in [-0.05, 0) is 73.6 Å². The van der Waals surface area contributed by atoms with Crippen LogP contribution in [0.5, 0.6) is 5.75 Å². The third-order valence-corrected chi connectivity index (χ3v) is 8.23. The number of nitrogens with zero attached hydrogens (tertiary/aromatic N) is 4. The summed E-state index contributed by atoms with van der Waals surface area (Å²) < 4.78 is 10.1. The van der Waals surface area contributed by atoms with Gasteiger partial charge in [0.25, 0.3) is 0 Å². The molecule has 7 heteroatoms. The molecular formula is C31H34N4O3. The summed E-state index contributed by atoms with van der Waals surface area (Å²) in [5, 5.41) is 18.3. The number of rotatable bonds is 8. The molecule has 0 unspecified atom stereocenters. The molecule has 3 atom stereocenters. The van der Waals surface area contributed by atoms with Gasteiger partial charge >= 0.3 is 5.97 Å². The lowest BCUT2D eigenvalue weighted by atomic mass is 9.86. The molecule has 0 aliphatic heterocycles. The van der Waals surface area contributed by atoms with Crippen molar-refractivity contribution in [1.29, 1.82) is 0 Å². The highest BCUT2D eigenvalue weighted by molar-refractivity contribution is 5.90. The monoisotopic (exact) mass is 510 g/mol. The van der Waals surface area contributed by atoms with Crippen molar-refractivity contribution < 1.29 is 14.6 Å². The smallest absolute Gasteiger partial charge is 0.337 e. The summed E-state index contributed by atoms with van der Waals surface area (Å²) in [5.74, 6) is 0.884. The van der Waals surface area contributed by atoms with Crippen LogP contribution in [-0.4, -0.2) is 36.7 Å². The summed E-state index contributed by atoms with van der Waals surface area (Å²) >= 11 is 0. The minimum absolute atomic E-state index is 0.0921. The van der Waals surface area contributed by atoms with Gasteiger partial charge in [0.1, 0.15) is 5.75 Å². The number of aryl methyl sites for hydroxylation is 1. The Labute approximate surface area is 223 Å². The lowest BCUT2D eigenvalue weighted by Crippen LogP contribution is -2.25. The van der Waals surface area contributed by atoms with E-state index in [0.29, 0.717) is 11.5 Å². The maximum Gasteiger partial charge on any atom is 0.337 e. The average Bonchev–Trinajstić information content (AvgIpc) is 3.38. The van der Waals surface area contributed by atoms with Crippen molar-refractivity contribution >= 4 is 5.97 Å². The zero-order chi connectivity index (χ0) is 26.2. The Morgan fingerprint density at radius 1 is 1.03 bits per heavy atom. The van der Waals surface area contributed by atoms with E-state index in [0.717, 1.165) is 40.4 Å². The first kappa shape index (κ1) is 24.5. The van der Waals surface area contributed by atoms with Gasteiger partial charge in [0, 0.05) is 42.7 Å². The van der Waals surface area contributed by atoms with Crippen LogP contribution in [0.1, 0.15) is 79.0 Å². The normalized spacial score (nSPS) is 20.3. The van der Waals surface area contributed by atoms with Crippen LogP contribution in [0.2, 0.25) is 0 Å². The number of hydrogen-bond donors (Lipinski definition) is 1. The molecule has 2 aliphatic rings. The summed E-state index contributed by atoms with van der Waals surface area (Å²) in [5.41, 5.74) is 5.17. The number of hydrogen-bond acceptors (Lipinski definition) is 4. The van der Waals surface area contributed by atoms with Gasteiger partial charge in [-0.15, -0.1) is 5.10 Å². The number of carbonyl (C=O) groups is 1. The van der Waals surface area contributed by atoms with Crippen molar-refractivity contribution in [3.05, 3.63) is 83.9 Å². The van der Waals surface area contributed by atoms with E-state index in [1.54, 1.807) is 10.7 Å². The van der Waals surface area contributed by atoms with Gasteiger partial charge in [-0.1, -0.05) is 48.7 Å². The maximum atomic E-state index is 12.1. The predicted octanol–water partition coefficient (Wildman–Crippen LogP) is 6.59. The van der Waals surface area contributed by atoms with Crippen molar-refractivity contribution in [3.63, 3.8) is 0 Å². The van der Waals surface area contributed by atoms with E-state index in [9.17, 15) is 9.90 Å². The number of ether oxygens (including phenoxy) is 1. The van der Waals surface area contributed by atoms with Crippen LogP contribution >= 0.6 is 0 Å². The number of carboxylic acid groups (broad SMARTS) is 1. The molecule has 0 radical (unpaired) electrons. The zero-order valence-electron chi connectivity index (χ0n) is 22.0. The molecule has 7 nitrogen and oxygen atoms in total. The van der Waals surface area contributed by atoms with Crippen LogP contribution in [0, 0.1) is 5.92 Å². The van der Waals surface area contributed by atoms with E-state index >= 15 is 0 Å². The Bertz CT molecular complexity index is 1450. The molecule has 2 saturated carbocycles. The van der Waals surface area contributed by atoms with Gasteiger partial charge in [-0.3, -0.25) is 4.68 Å². The van der Waals surface area contributed by atoms with Crippen molar-refractivity contribution in [2.45, 2.75) is 63.4 Å². The summed E-state index contributed by atoms with van der Waals surface area (Å²) in [7, 11) is 1.85. The molecule has 2 aliphatic carbocycles. The molecule has 6 rings (SSSR count). The Balaban J connectivity index is 1.28. The fourth-order valence-electron chi connectivity index (χ4n) is 6.09. The lowest BCUT2D eigenvalue weighted by Gasteiger charge is -2.28. The van der Waals surface area contributed by atoms with E-state index in [2.05, 4.69) is 41.5 Å². The highest BCUT2D eigenvalue weighted by Crippen LogP contribution is 2.55. The van der Waals surface area contributed by atoms with Crippen LogP contribution < -0.4 is 4.74 Å². The maximum absolute atomic E-state index is 12.1. The largest absolute Gasteiger partial charge is 0.490 e. The summed E-state index contributed by atoms with van der Waals surface area (Å²) in [4.78, 5) is 12.1. The van der Waals surface area contributed by atoms with Gasteiger partial charge in [0.15, 0.2) is 0 Å². The summed E-state index contributed by atoms with van der Waals surface area (Å²) in [6.07, 6.45) is 11.3. The van der Waals surface area contributed by atoms with Crippen LogP contribution in [0.4, 0.5) is 0 Å². The first-order chi connectivity index (χ1) is 18.5. The second kappa shape index (κ2) is 10.1. The molecule has 4 aromatic rings. The quantitative estimate of drug-likeness (QED) is 0.289. The third-order valence-electron chi connectivity index (χ3n) is 8.23. The molecule has 0 saturated heterocycles. The topological polar surface area (TPSA) is 82.2 Å². The number of aromatic carboxylic acids is 1. The van der Waals surface area contributed by atoms with Crippen LogP contribution in [0.15, 0.2) is 67.0 Å². The fraction of sp³-hybridized carbons (Fsp3) is 0.387. The molecule has 0 spiro atoms. The highest BCUT2D eigenvalue weighted by atomic mass is 16.5.